The van der Waals surface area contributed by atoms with Crippen LogP contribution in [0.2, 0.25) is 18.1 Å². The molecule has 1 aromatic heterocycles. The average Bonchev–Trinajstić information content (AvgIpc) is 2.97. The fourth-order valence-corrected chi connectivity index (χ4v) is 4.42. The van der Waals surface area contributed by atoms with Gasteiger partial charge in [-0.25, -0.2) is 4.79 Å². The molecule has 176 valence electrons. The summed E-state index contributed by atoms with van der Waals surface area (Å²) in [6.45, 7) is 12.4. The number of aromatic amines is 1. The first-order chi connectivity index (χ1) is 14.4. The largest absolute Gasteiger partial charge is 0.408 e. The molecule has 1 unspecified atom stereocenters. The maximum atomic E-state index is 12.4. The average molecular weight is 458 g/mol. The molecule has 0 spiro atoms. The fourth-order valence-electron chi connectivity index (χ4n) is 3.10. The van der Waals surface area contributed by atoms with Gasteiger partial charge in [0.15, 0.2) is 14.5 Å². The van der Waals surface area contributed by atoms with Gasteiger partial charge in [0.1, 0.15) is 18.3 Å². The lowest BCUT2D eigenvalue weighted by molar-refractivity contribution is -0.119. The van der Waals surface area contributed by atoms with E-state index in [0.29, 0.717) is 19.6 Å². The smallest absolute Gasteiger partial charge is 0.330 e. The summed E-state index contributed by atoms with van der Waals surface area (Å²) in [7, 11) is -2.27. The molecule has 31 heavy (non-hydrogen) atoms. The maximum Gasteiger partial charge on any atom is 0.330 e. The zero-order valence-corrected chi connectivity index (χ0v) is 20.1. The van der Waals surface area contributed by atoms with Crippen molar-refractivity contribution >= 4 is 14.2 Å². The van der Waals surface area contributed by atoms with Gasteiger partial charge in [0.25, 0.3) is 5.56 Å². The van der Waals surface area contributed by atoms with Gasteiger partial charge in [-0.3, -0.25) is 19.1 Å². The summed E-state index contributed by atoms with van der Waals surface area (Å²) in [6, 6.07) is 1.23. The quantitative estimate of drug-likeness (QED) is 0.368. The third-order valence-electron chi connectivity index (χ3n) is 5.83. The van der Waals surface area contributed by atoms with Crippen LogP contribution in [-0.2, 0) is 18.7 Å². The van der Waals surface area contributed by atoms with Gasteiger partial charge < -0.3 is 24.3 Å². The molecule has 1 fully saturated rings. The van der Waals surface area contributed by atoms with Crippen molar-refractivity contribution in [2.24, 2.45) is 0 Å². The van der Waals surface area contributed by atoms with Crippen LogP contribution in [0.5, 0.6) is 0 Å². The third kappa shape index (κ3) is 6.36. The van der Waals surface area contributed by atoms with Crippen LogP contribution in [0.3, 0.4) is 0 Å². The highest BCUT2D eigenvalue weighted by molar-refractivity contribution is 6.74. The van der Waals surface area contributed by atoms with Gasteiger partial charge in [0.05, 0.1) is 6.61 Å². The van der Waals surface area contributed by atoms with Crippen molar-refractivity contribution in [3.8, 4) is 0 Å². The number of hydrogen-bond donors (Lipinski definition) is 3. The zero-order valence-electron chi connectivity index (χ0n) is 19.1. The van der Waals surface area contributed by atoms with E-state index in [-0.39, 0.29) is 17.6 Å². The highest BCUT2D eigenvalue weighted by atomic mass is 28.4. The second-order valence-electron chi connectivity index (χ2n) is 9.28. The van der Waals surface area contributed by atoms with Crippen LogP contribution in [0.1, 0.15) is 40.3 Å². The normalized spacial score (nSPS) is 24.4. The number of carbonyl (C=O) groups excluding carboxylic acids is 1. The molecule has 1 saturated heterocycles. The summed E-state index contributed by atoms with van der Waals surface area (Å²) in [4.78, 5) is 37.2. The lowest BCUT2D eigenvalue weighted by Crippen LogP contribution is -2.50. The molecule has 11 heteroatoms. The fraction of sp³-hybridized carbons (Fsp3) is 0.750. The van der Waals surface area contributed by atoms with Crippen LogP contribution in [0.4, 0.5) is 0 Å². The summed E-state index contributed by atoms with van der Waals surface area (Å²) < 4.78 is 19.9. The summed E-state index contributed by atoms with van der Waals surface area (Å²) in [5.74, 6) is -0.124. The van der Waals surface area contributed by atoms with E-state index in [9.17, 15) is 19.5 Å². The predicted molar refractivity (Wildman–Crippen MR) is 117 cm³/mol. The number of aliphatic hydroxyl groups excluding tert-OH is 1. The number of rotatable bonds is 9. The lowest BCUT2D eigenvalue weighted by Gasteiger charge is -2.40. The van der Waals surface area contributed by atoms with E-state index < -0.39 is 44.1 Å². The van der Waals surface area contributed by atoms with Crippen LogP contribution in [-0.4, -0.2) is 67.0 Å². The summed E-state index contributed by atoms with van der Waals surface area (Å²) in [5.41, 5.74) is -1.14. The molecule has 3 N–H and O–H groups in total. The molecule has 2 rings (SSSR count). The van der Waals surface area contributed by atoms with Crippen LogP contribution < -0.4 is 16.6 Å². The Labute approximate surface area is 183 Å². The van der Waals surface area contributed by atoms with E-state index in [2.05, 4.69) is 44.2 Å². The third-order valence-corrected chi connectivity index (χ3v) is 10.3. The SMILES string of the molecule is CC(=O)NCCCO[C@@H]1C(O[Si](C)(C)C(C)(C)C)[C@@H](CO)O[C@H]1n1ccc(=O)[nH]c1=O. The Morgan fingerprint density at radius 2 is 2.00 bits per heavy atom. The molecule has 1 aliphatic heterocycles. The molecule has 0 saturated carbocycles. The Hall–Kier alpha value is -1.79. The van der Waals surface area contributed by atoms with Gasteiger partial charge in [-0.05, 0) is 24.6 Å². The first kappa shape index (κ1) is 25.5. The molecule has 10 nitrogen and oxygen atoms in total. The van der Waals surface area contributed by atoms with E-state index in [0.717, 1.165) is 0 Å². The highest BCUT2D eigenvalue weighted by Crippen LogP contribution is 2.41. The molecular weight excluding hydrogens is 422 g/mol. The second-order valence-corrected chi connectivity index (χ2v) is 14.0. The minimum Gasteiger partial charge on any atom is -0.408 e. The number of amides is 1. The van der Waals surface area contributed by atoms with Gasteiger partial charge in [0.2, 0.25) is 5.91 Å². The molecule has 2 heterocycles. The minimum atomic E-state index is -2.27. The lowest BCUT2D eigenvalue weighted by atomic mass is 10.1. The predicted octanol–water partition coefficient (Wildman–Crippen LogP) is 0.728. The minimum absolute atomic E-state index is 0.0874. The molecule has 1 aromatic rings. The molecule has 0 aromatic carbocycles. The van der Waals surface area contributed by atoms with Crippen LogP contribution in [0.25, 0.3) is 0 Å². The van der Waals surface area contributed by atoms with Crippen molar-refractivity contribution < 1.29 is 23.8 Å². The van der Waals surface area contributed by atoms with E-state index in [1.54, 1.807) is 0 Å². The number of nitrogens with one attached hydrogen (secondary N) is 2. The van der Waals surface area contributed by atoms with Crippen molar-refractivity contribution in [3.05, 3.63) is 33.1 Å². The highest BCUT2D eigenvalue weighted by Gasteiger charge is 2.51. The molecule has 1 amide bonds. The van der Waals surface area contributed by atoms with Gasteiger partial charge in [0, 0.05) is 32.3 Å². The van der Waals surface area contributed by atoms with Gasteiger partial charge in [-0.2, -0.15) is 0 Å². The Bertz CT molecular complexity index is 861. The van der Waals surface area contributed by atoms with Crippen molar-refractivity contribution in [3.63, 3.8) is 0 Å². The number of aliphatic hydroxyl groups is 1. The molecular formula is C20H35N3O7Si. The van der Waals surface area contributed by atoms with Crippen LogP contribution in [0.15, 0.2) is 21.9 Å². The van der Waals surface area contributed by atoms with Crippen molar-refractivity contribution in [1.29, 1.82) is 0 Å². The zero-order chi connectivity index (χ0) is 23.4. The summed E-state index contributed by atoms with van der Waals surface area (Å²) in [5, 5.41) is 12.6. The first-order valence-corrected chi connectivity index (χ1v) is 13.4. The molecule has 0 aliphatic carbocycles. The molecule has 4 atom stereocenters. The summed E-state index contributed by atoms with van der Waals surface area (Å²) >= 11 is 0. The number of ether oxygens (including phenoxy) is 2. The van der Waals surface area contributed by atoms with E-state index >= 15 is 0 Å². The monoisotopic (exact) mass is 457 g/mol. The molecule has 1 aliphatic rings. The maximum absolute atomic E-state index is 12.4. The van der Waals surface area contributed by atoms with E-state index in [1.807, 2.05) is 0 Å². The number of carbonyl (C=O) groups is 1. The second kappa shape index (κ2) is 10.2. The van der Waals surface area contributed by atoms with Crippen molar-refractivity contribution in [2.75, 3.05) is 19.8 Å². The Morgan fingerprint density at radius 1 is 1.32 bits per heavy atom. The van der Waals surface area contributed by atoms with Gasteiger partial charge >= 0.3 is 5.69 Å². The summed E-state index contributed by atoms with van der Waals surface area (Å²) in [6.07, 6.45) is -0.958. The van der Waals surface area contributed by atoms with Crippen LogP contribution in [0, 0.1) is 0 Å². The standard InChI is InChI=1S/C20H35N3O7Si/c1-13(25)21-9-7-11-28-17-16(30-31(5,6)20(2,3)4)14(12-24)29-18(17)23-10-8-15(26)22-19(23)27/h8,10,14,16-18,24H,7,9,11-12H2,1-6H3,(H,21,25)(H,22,26,27)/t14-,16?,17-,18-/m1/s1. The van der Waals surface area contributed by atoms with E-state index in [4.69, 9.17) is 13.9 Å². The van der Waals surface area contributed by atoms with Gasteiger partial charge in [-0.15, -0.1) is 0 Å². The number of nitrogens with zero attached hydrogens (tertiary/aromatic N) is 1. The van der Waals surface area contributed by atoms with E-state index in [1.165, 1.54) is 23.8 Å². The number of aromatic nitrogens is 2. The Kier molecular flexibility index (Phi) is 8.39. The van der Waals surface area contributed by atoms with Crippen LogP contribution >= 0.6 is 0 Å². The van der Waals surface area contributed by atoms with Crippen molar-refractivity contribution in [1.82, 2.24) is 14.9 Å². The van der Waals surface area contributed by atoms with Gasteiger partial charge in [-0.1, -0.05) is 20.8 Å². The molecule has 0 bridgehead atoms. The Morgan fingerprint density at radius 3 is 2.55 bits per heavy atom. The topological polar surface area (TPSA) is 132 Å². The first-order valence-electron chi connectivity index (χ1n) is 10.5. The number of hydrogen-bond acceptors (Lipinski definition) is 7. The van der Waals surface area contributed by atoms with Crippen molar-refractivity contribution in [2.45, 2.75) is 76.8 Å². The Balaban J connectivity index is 2.31. The number of H-pyrrole nitrogens is 1. The molecule has 0 radical (unpaired) electrons.